The number of hydrogen-bond donors (Lipinski definition) is 2. The predicted octanol–water partition coefficient (Wildman–Crippen LogP) is 4.22. The fraction of sp³-hybridized carbons (Fsp3) is 0.280. The minimum Gasteiger partial charge on any atom is -0.473 e. The van der Waals surface area contributed by atoms with Gasteiger partial charge < -0.3 is 20.3 Å². The average Bonchev–Trinajstić information content (AvgIpc) is 3.31. The summed E-state index contributed by atoms with van der Waals surface area (Å²) in [4.78, 5) is 11.2. The quantitative estimate of drug-likeness (QED) is 0.266. The van der Waals surface area contributed by atoms with Crippen LogP contribution in [0.2, 0.25) is 0 Å². The Bertz CT molecular complexity index is 984. The van der Waals surface area contributed by atoms with Crippen LogP contribution in [0.25, 0.3) is 0 Å². The van der Waals surface area contributed by atoms with Crippen LogP contribution >= 0.6 is 24.0 Å². The Balaban J connectivity index is 0.00000289. The van der Waals surface area contributed by atoms with Crippen LogP contribution in [-0.4, -0.2) is 37.1 Å². The minimum absolute atomic E-state index is 0. The second-order valence-corrected chi connectivity index (χ2v) is 7.58. The molecule has 0 aliphatic carbocycles. The number of hydrogen-bond acceptors (Lipinski definition) is 4. The first-order valence-electron chi connectivity index (χ1n) is 10.7. The zero-order valence-electron chi connectivity index (χ0n) is 18.3. The van der Waals surface area contributed by atoms with Crippen molar-refractivity contribution >= 4 is 35.6 Å². The summed E-state index contributed by atoms with van der Waals surface area (Å²) in [5.74, 6) is 1.43. The largest absolute Gasteiger partial charge is 0.473 e. The third kappa shape index (κ3) is 6.59. The smallest absolute Gasteiger partial charge is 0.218 e. The van der Waals surface area contributed by atoms with Crippen LogP contribution in [0.5, 0.6) is 5.88 Å². The zero-order valence-corrected chi connectivity index (χ0v) is 20.6. The van der Waals surface area contributed by atoms with Crippen molar-refractivity contribution in [1.82, 2.24) is 15.6 Å². The number of benzene rings is 2. The van der Waals surface area contributed by atoms with E-state index in [0.29, 0.717) is 25.1 Å². The summed E-state index contributed by atoms with van der Waals surface area (Å²) in [6.45, 7) is 3.09. The molecule has 6 nitrogen and oxygen atoms in total. The van der Waals surface area contributed by atoms with E-state index in [1.54, 1.807) is 13.2 Å². The first-order valence-corrected chi connectivity index (χ1v) is 10.7. The van der Waals surface area contributed by atoms with Gasteiger partial charge in [0.15, 0.2) is 5.96 Å². The maximum atomic E-state index is 5.97. The fourth-order valence-corrected chi connectivity index (χ4v) is 3.73. The molecular weight excluding hydrogens is 513 g/mol. The van der Waals surface area contributed by atoms with Crippen molar-refractivity contribution in [1.29, 1.82) is 0 Å². The molecule has 0 amide bonds. The van der Waals surface area contributed by atoms with Crippen molar-refractivity contribution in [3.05, 3.63) is 90.1 Å². The van der Waals surface area contributed by atoms with Crippen molar-refractivity contribution in [2.45, 2.75) is 25.6 Å². The van der Waals surface area contributed by atoms with Crippen molar-refractivity contribution in [3.63, 3.8) is 0 Å². The van der Waals surface area contributed by atoms with Gasteiger partial charge in [-0.1, -0.05) is 54.6 Å². The van der Waals surface area contributed by atoms with Crippen molar-refractivity contribution in [3.8, 4) is 5.88 Å². The van der Waals surface area contributed by atoms with Crippen LogP contribution in [0, 0.1) is 0 Å². The summed E-state index contributed by atoms with van der Waals surface area (Å²) in [6, 6.07) is 25.0. The summed E-state index contributed by atoms with van der Waals surface area (Å²) in [5, 5.41) is 6.96. The van der Waals surface area contributed by atoms with Crippen molar-refractivity contribution < 1.29 is 4.74 Å². The van der Waals surface area contributed by atoms with Gasteiger partial charge in [0, 0.05) is 50.2 Å². The summed E-state index contributed by atoms with van der Waals surface area (Å²) in [7, 11) is 1.80. The first kappa shape index (κ1) is 23.8. The number of halogens is 1. The number of aliphatic imine (C=N–C) groups is 1. The Kier molecular flexibility index (Phi) is 9.15. The number of aromatic nitrogens is 1. The number of ether oxygens (including phenoxy) is 1. The predicted molar refractivity (Wildman–Crippen MR) is 141 cm³/mol. The number of pyridine rings is 1. The number of nitrogens with one attached hydrogen (secondary N) is 2. The van der Waals surface area contributed by atoms with Crippen LogP contribution in [0.15, 0.2) is 84.0 Å². The molecule has 1 unspecified atom stereocenters. The van der Waals surface area contributed by atoms with Gasteiger partial charge in [-0.3, -0.25) is 4.99 Å². The number of guanidine groups is 1. The molecule has 2 aromatic carbocycles. The van der Waals surface area contributed by atoms with Gasteiger partial charge in [-0.05, 0) is 30.2 Å². The van der Waals surface area contributed by atoms with Gasteiger partial charge >= 0.3 is 0 Å². The lowest BCUT2D eigenvalue weighted by Gasteiger charge is -2.20. The molecule has 0 spiro atoms. The Morgan fingerprint density at radius 1 is 1.06 bits per heavy atom. The van der Waals surface area contributed by atoms with E-state index in [0.717, 1.165) is 36.6 Å². The van der Waals surface area contributed by atoms with Crippen LogP contribution in [0.3, 0.4) is 0 Å². The maximum absolute atomic E-state index is 5.97. The molecule has 1 fully saturated rings. The molecule has 4 rings (SSSR count). The molecule has 2 heterocycles. The lowest BCUT2D eigenvalue weighted by Crippen LogP contribution is -2.44. The molecule has 1 aliphatic rings. The molecule has 1 aromatic heterocycles. The van der Waals surface area contributed by atoms with Crippen LogP contribution in [0.1, 0.15) is 17.5 Å². The van der Waals surface area contributed by atoms with E-state index in [1.807, 2.05) is 42.5 Å². The van der Waals surface area contributed by atoms with E-state index in [2.05, 4.69) is 55.8 Å². The average molecular weight is 543 g/mol. The standard InChI is InChI=1S/C25H29N5O.HI/c1-26-25(29-22-14-16-30(18-22)23-12-6-3-7-13-23)28-17-21-11-8-15-27-24(21)31-19-20-9-4-2-5-10-20;/h2-13,15,22H,14,16-19H2,1H3,(H2,26,28,29);1H. The lowest BCUT2D eigenvalue weighted by atomic mass is 10.2. The normalized spacial score (nSPS) is 15.7. The number of rotatable bonds is 7. The van der Waals surface area contributed by atoms with E-state index < -0.39 is 0 Å². The van der Waals surface area contributed by atoms with Gasteiger partial charge in [0.2, 0.25) is 5.88 Å². The van der Waals surface area contributed by atoms with Crippen molar-refractivity contribution in [2.24, 2.45) is 4.99 Å². The van der Waals surface area contributed by atoms with E-state index >= 15 is 0 Å². The van der Waals surface area contributed by atoms with E-state index in [1.165, 1.54) is 5.69 Å². The Morgan fingerprint density at radius 2 is 1.81 bits per heavy atom. The molecule has 2 N–H and O–H groups in total. The molecule has 1 aliphatic heterocycles. The van der Waals surface area contributed by atoms with E-state index in [9.17, 15) is 0 Å². The molecule has 3 aromatic rings. The highest BCUT2D eigenvalue weighted by atomic mass is 127. The molecule has 1 saturated heterocycles. The van der Waals surface area contributed by atoms with Gasteiger partial charge in [0.05, 0.1) is 0 Å². The van der Waals surface area contributed by atoms with Gasteiger partial charge in [-0.2, -0.15) is 0 Å². The van der Waals surface area contributed by atoms with Crippen LogP contribution in [0.4, 0.5) is 5.69 Å². The molecular formula is C25H30IN5O. The third-order valence-electron chi connectivity index (χ3n) is 5.39. The monoisotopic (exact) mass is 543 g/mol. The highest BCUT2D eigenvalue weighted by molar-refractivity contribution is 14.0. The first-order chi connectivity index (χ1) is 15.3. The summed E-state index contributed by atoms with van der Waals surface area (Å²) < 4.78 is 5.97. The number of anilines is 1. The molecule has 32 heavy (non-hydrogen) atoms. The lowest BCUT2D eigenvalue weighted by molar-refractivity contribution is 0.290. The van der Waals surface area contributed by atoms with Gasteiger partial charge in [-0.25, -0.2) is 4.98 Å². The molecule has 0 radical (unpaired) electrons. The number of nitrogens with zero attached hydrogens (tertiary/aromatic N) is 3. The Morgan fingerprint density at radius 3 is 2.56 bits per heavy atom. The SMILES string of the molecule is CN=C(NCc1cccnc1OCc1ccccc1)NC1CCN(c2ccccc2)C1.I. The second-order valence-electron chi connectivity index (χ2n) is 7.58. The highest BCUT2D eigenvalue weighted by Crippen LogP contribution is 2.20. The molecule has 0 saturated carbocycles. The molecule has 0 bridgehead atoms. The van der Waals surface area contributed by atoms with Gasteiger partial charge in [0.25, 0.3) is 0 Å². The number of para-hydroxylation sites is 1. The Hall–Kier alpha value is -2.81. The van der Waals surface area contributed by atoms with Gasteiger partial charge in [-0.15, -0.1) is 24.0 Å². The summed E-state index contributed by atoms with van der Waals surface area (Å²) in [5.41, 5.74) is 3.39. The van der Waals surface area contributed by atoms with Crippen molar-refractivity contribution in [2.75, 3.05) is 25.0 Å². The zero-order chi connectivity index (χ0) is 21.3. The van der Waals surface area contributed by atoms with E-state index in [-0.39, 0.29) is 24.0 Å². The summed E-state index contributed by atoms with van der Waals surface area (Å²) in [6.07, 6.45) is 2.83. The second kappa shape index (κ2) is 12.3. The third-order valence-corrected chi connectivity index (χ3v) is 5.39. The van der Waals surface area contributed by atoms with Crippen LogP contribution < -0.4 is 20.3 Å². The molecule has 1 atom stereocenters. The van der Waals surface area contributed by atoms with Crippen LogP contribution in [-0.2, 0) is 13.2 Å². The Labute approximate surface area is 207 Å². The summed E-state index contributed by atoms with van der Waals surface area (Å²) >= 11 is 0. The minimum atomic E-state index is 0. The van der Waals surface area contributed by atoms with Gasteiger partial charge in [0.1, 0.15) is 6.61 Å². The highest BCUT2D eigenvalue weighted by Gasteiger charge is 2.23. The fourth-order valence-electron chi connectivity index (χ4n) is 3.73. The van der Waals surface area contributed by atoms with E-state index in [4.69, 9.17) is 4.74 Å². The topological polar surface area (TPSA) is 61.8 Å². The maximum Gasteiger partial charge on any atom is 0.218 e. The molecule has 168 valence electrons. The molecule has 7 heteroatoms.